The largest absolute Gasteiger partial charge is 0.330 e. The summed E-state index contributed by atoms with van der Waals surface area (Å²) >= 11 is 0. The molecule has 1 fully saturated rings. The van der Waals surface area contributed by atoms with E-state index in [1.807, 2.05) is 38.8 Å². The molecule has 4 rings (SSSR count). The Hall–Kier alpha value is -2.67. The Balaban J connectivity index is 1.52. The van der Waals surface area contributed by atoms with E-state index in [1.54, 1.807) is 12.4 Å². The zero-order chi connectivity index (χ0) is 17.9. The topological polar surface area (TPSA) is 72.6 Å². The third kappa shape index (κ3) is 3.48. The van der Waals surface area contributed by atoms with Crippen LogP contribution in [0.4, 0.5) is 0 Å². The van der Waals surface area contributed by atoms with Crippen molar-refractivity contribution in [3.63, 3.8) is 0 Å². The number of aromatic nitrogens is 6. The van der Waals surface area contributed by atoms with E-state index in [0.29, 0.717) is 5.92 Å². The molecular weight excluding hydrogens is 326 g/mol. The van der Waals surface area contributed by atoms with Gasteiger partial charge in [-0.3, -0.25) is 19.9 Å². The first kappa shape index (κ1) is 16.8. The maximum Gasteiger partial charge on any atom is 0.107 e. The van der Waals surface area contributed by atoms with E-state index in [9.17, 15) is 0 Å². The van der Waals surface area contributed by atoms with Gasteiger partial charge < -0.3 is 4.57 Å². The van der Waals surface area contributed by atoms with Gasteiger partial charge in [-0.15, -0.1) is 0 Å². The number of imidazole rings is 1. The van der Waals surface area contributed by atoms with Crippen LogP contribution in [0.3, 0.4) is 0 Å². The van der Waals surface area contributed by atoms with Gasteiger partial charge in [0.2, 0.25) is 0 Å². The van der Waals surface area contributed by atoms with Gasteiger partial charge in [0.1, 0.15) is 11.5 Å². The summed E-state index contributed by atoms with van der Waals surface area (Å²) in [6.07, 6.45) is 13.2. The van der Waals surface area contributed by atoms with Crippen molar-refractivity contribution in [2.75, 3.05) is 13.1 Å². The summed E-state index contributed by atoms with van der Waals surface area (Å²) in [6.45, 7) is 4.88. The van der Waals surface area contributed by atoms with Gasteiger partial charge in [-0.1, -0.05) is 0 Å². The standard InChI is InChI=1S/C19H23N7/c1-14-23-11-19(25(14)2)18-10-21-9-17(24-18)15-4-3-7-26(12-15)13-16-8-20-5-6-22-16/h5-6,8-11,15H,3-4,7,12-13H2,1-2H3/t15-/m1/s1. The molecule has 1 aliphatic rings. The Morgan fingerprint density at radius 2 is 2.00 bits per heavy atom. The highest BCUT2D eigenvalue weighted by molar-refractivity contribution is 5.53. The lowest BCUT2D eigenvalue weighted by Gasteiger charge is -2.32. The lowest BCUT2D eigenvalue weighted by Crippen LogP contribution is -2.34. The fraction of sp³-hybridized carbons (Fsp3) is 0.421. The van der Waals surface area contributed by atoms with Crippen molar-refractivity contribution in [2.45, 2.75) is 32.2 Å². The predicted molar refractivity (Wildman–Crippen MR) is 98.3 cm³/mol. The number of likely N-dealkylation sites (tertiary alicyclic amines) is 1. The molecule has 0 radical (unpaired) electrons. The van der Waals surface area contributed by atoms with Gasteiger partial charge in [-0.05, 0) is 26.3 Å². The molecule has 3 aromatic heterocycles. The zero-order valence-corrected chi connectivity index (χ0v) is 15.2. The van der Waals surface area contributed by atoms with Gasteiger partial charge in [-0.25, -0.2) is 9.97 Å². The molecule has 0 aliphatic carbocycles. The summed E-state index contributed by atoms with van der Waals surface area (Å²) in [5, 5.41) is 0. The Labute approximate surface area is 153 Å². The van der Waals surface area contributed by atoms with Crippen LogP contribution in [0, 0.1) is 6.92 Å². The molecule has 0 saturated carbocycles. The smallest absolute Gasteiger partial charge is 0.107 e. The molecule has 0 aromatic carbocycles. The van der Waals surface area contributed by atoms with Crippen molar-refractivity contribution in [3.8, 4) is 11.4 Å². The quantitative estimate of drug-likeness (QED) is 0.720. The highest BCUT2D eigenvalue weighted by Gasteiger charge is 2.23. The van der Waals surface area contributed by atoms with E-state index in [0.717, 1.165) is 61.1 Å². The fourth-order valence-corrected chi connectivity index (χ4v) is 3.52. The average molecular weight is 349 g/mol. The SMILES string of the molecule is Cc1ncc(-c2cncc([C@@H]3CCCN(Cc4cnccn4)C3)n2)n1C. The van der Waals surface area contributed by atoms with Crippen LogP contribution in [0.15, 0.2) is 37.2 Å². The van der Waals surface area contributed by atoms with Crippen molar-refractivity contribution >= 4 is 0 Å². The van der Waals surface area contributed by atoms with E-state index in [-0.39, 0.29) is 0 Å². The highest BCUT2D eigenvalue weighted by Crippen LogP contribution is 2.27. The molecule has 0 amide bonds. The minimum Gasteiger partial charge on any atom is -0.330 e. The molecule has 4 heterocycles. The number of hydrogen-bond donors (Lipinski definition) is 0. The van der Waals surface area contributed by atoms with Crippen molar-refractivity contribution in [2.24, 2.45) is 7.05 Å². The molecule has 7 nitrogen and oxygen atoms in total. The summed E-state index contributed by atoms with van der Waals surface area (Å²) < 4.78 is 2.05. The average Bonchev–Trinajstić information content (AvgIpc) is 3.02. The number of nitrogens with zero attached hydrogens (tertiary/aromatic N) is 7. The molecule has 134 valence electrons. The fourth-order valence-electron chi connectivity index (χ4n) is 3.52. The van der Waals surface area contributed by atoms with E-state index in [1.165, 1.54) is 0 Å². The van der Waals surface area contributed by atoms with Crippen LogP contribution in [0.2, 0.25) is 0 Å². The normalized spacial score (nSPS) is 18.2. The van der Waals surface area contributed by atoms with Gasteiger partial charge in [-0.2, -0.15) is 0 Å². The monoisotopic (exact) mass is 349 g/mol. The van der Waals surface area contributed by atoms with Gasteiger partial charge in [0.05, 0.1) is 29.5 Å². The molecule has 0 bridgehead atoms. The lowest BCUT2D eigenvalue weighted by molar-refractivity contribution is 0.196. The lowest BCUT2D eigenvalue weighted by atomic mass is 9.95. The van der Waals surface area contributed by atoms with Crippen LogP contribution in [-0.4, -0.2) is 47.5 Å². The molecule has 0 unspecified atom stereocenters. The summed E-state index contributed by atoms with van der Waals surface area (Å²) in [5.74, 6) is 1.36. The first-order valence-electron chi connectivity index (χ1n) is 8.98. The van der Waals surface area contributed by atoms with Gasteiger partial charge in [0.15, 0.2) is 0 Å². The molecule has 7 heteroatoms. The number of rotatable bonds is 4. The summed E-state index contributed by atoms with van der Waals surface area (Å²) in [4.78, 5) is 24.7. The van der Waals surface area contributed by atoms with Gasteiger partial charge >= 0.3 is 0 Å². The number of aryl methyl sites for hydroxylation is 1. The second-order valence-corrected chi connectivity index (χ2v) is 6.85. The minimum atomic E-state index is 0.391. The molecule has 1 atom stereocenters. The van der Waals surface area contributed by atoms with Crippen LogP contribution < -0.4 is 0 Å². The van der Waals surface area contributed by atoms with Gasteiger partial charge in [0, 0.05) is 50.8 Å². The Morgan fingerprint density at radius 3 is 2.77 bits per heavy atom. The Bertz CT molecular complexity index is 875. The number of hydrogen-bond acceptors (Lipinski definition) is 6. The third-order valence-corrected chi connectivity index (χ3v) is 5.06. The maximum absolute atomic E-state index is 4.90. The van der Waals surface area contributed by atoms with Crippen molar-refractivity contribution in [3.05, 3.63) is 54.4 Å². The van der Waals surface area contributed by atoms with E-state index in [4.69, 9.17) is 4.98 Å². The number of piperidine rings is 1. The van der Waals surface area contributed by atoms with Crippen molar-refractivity contribution in [1.29, 1.82) is 0 Å². The van der Waals surface area contributed by atoms with Crippen LogP contribution in [0.25, 0.3) is 11.4 Å². The second-order valence-electron chi connectivity index (χ2n) is 6.85. The van der Waals surface area contributed by atoms with Crippen molar-refractivity contribution < 1.29 is 0 Å². The molecule has 26 heavy (non-hydrogen) atoms. The predicted octanol–water partition coefficient (Wildman–Crippen LogP) is 2.36. The molecule has 1 aliphatic heterocycles. The molecule has 0 N–H and O–H groups in total. The molecule has 1 saturated heterocycles. The molecule has 3 aromatic rings. The van der Waals surface area contributed by atoms with E-state index < -0.39 is 0 Å². The van der Waals surface area contributed by atoms with E-state index >= 15 is 0 Å². The molecular formula is C19H23N7. The van der Waals surface area contributed by atoms with Crippen LogP contribution in [-0.2, 0) is 13.6 Å². The summed E-state index contributed by atoms with van der Waals surface area (Å²) in [6, 6.07) is 0. The minimum absolute atomic E-state index is 0.391. The second kappa shape index (κ2) is 7.29. The Morgan fingerprint density at radius 1 is 1.08 bits per heavy atom. The molecule has 0 spiro atoms. The maximum atomic E-state index is 4.90. The summed E-state index contributed by atoms with van der Waals surface area (Å²) in [5.41, 5.74) is 3.96. The zero-order valence-electron chi connectivity index (χ0n) is 15.2. The van der Waals surface area contributed by atoms with Crippen LogP contribution >= 0.6 is 0 Å². The van der Waals surface area contributed by atoms with E-state index in [2.05, 4.69) is 29.4 Å². The Kier molecular flexibility index (Phi) is 4.71. The summed E-state index contributed by atoms with van der Waals surface area (Å²) in [7, 11) is 2.01. The first-order chi connectivity index (χ1) is 12.7. The third-order valence-electron chi connectivity index (χ3n) is 5.06. The first-order valence-corrected chi connectivity index (χ1v) is 8.98. The highest BCUT2D eigenvalue weighted by atomic mass is 15.1. The van der Waals surface area contributed by atoms with Crippen LogP contribution in [0.1, 0.15) is 36.0 Å². The van der Waals surface area contributed by atoms with Crippen LogP contribution in [0.5, 0.6) is 0 Å². The van der Waals surface area contributed by atoms with Crippen molar-refractivity contribution in [1.82, 2.24) is 34.4 Å². The van der Waals surface area contributed by atoms with Gasteiger partial charge in [0.25, 0.3) is 0 Å².